The summed E-state index contributed by atoms with van der Waals surface area (Å²) in [5, 5.41) is 0. The van der Waals surface area contributed by atoms with Crippen LogP contribution in [0.4, 0.5) is 0 Å². The average Bonchev–Trinajstić information content (AvgIpc) is 2.75. The first-order chi connectivity index (χ1) is 7.09. The Balaban J connectivity index is 1.95. The maximum Gasteiger partial charge on any atom is 0.158 e. The fourth-order valence-electron chi connectivity index (χ4n) is 2.54. The van der Waals surface area contributed by atoms with Gasteiger partial charge in [-0.3, -0.25) is 0 Å². The summed E-state index contributed by atoms with van der Waals surface area (Å²) in [6, 6.07) is 0. The van der Waals surface area contributed by atoms with E-state index in [4.69, 9.17) is 9.47 Å². The largest absolute Gasteiger partial charge is 0.350 e. The summed E-state index contributed by atoms with van der Waals surface area (Å²) in [6.45, 7) is 8.41. The van der Waals surface area contributed by atoms with Gasteiger partial charge in [0, 0.05) is 6.42 Å². The van der Waals surface area contributed by atoms with Gasteiger partial charge in [0.2, 0.25) is 0 Å². The Hall–Kier alpha value is -0.340. The third-order valence-electron chi connectivity index (χ3n) is 3.58. The van der Waals surface area contributed by atoms with Crippen molar-refractivity contribution in [3.63, 3.8) is 0 Å². The lowest BCUT2D eigenvalue weighted by atomic mass is 9.86. The molecular formula is C13H22O2. The summed E-state index contributed by atoms with van der Waals surface area (Å²) in [7, 11) is 0. The van der Waals surface area contributed by atoms with Crippen molar-refractivity contribution < 1.29 is 9.47 Å². The van der Waals surface area contributed by atoms with Crippen LogP contribution < -0.4 is 0 Å². The van der Waals surface area contributed by atoms with Gasteiger partial charge in [-0.05, 0) is 24.2 Å². The predicted molar refractivity (Wildman–Crippen MR) is 60.6 cm³/mol. The second kappa shape index (κ2) is 4.26. The Morgan fingerprint density at radius 1 is 1.40 bits per heavy atom. The molecule has 0 bridgehead atoms. The molecule has 0 aromatic heterocycles. The van der Waals surface area contributed by atoms with Crippen molar-refractivity contribution in [3.8, 4) is 0 Å². The number of rotatable bonds is 3. The summed E-state index contributed by atoms with van der Waals surface area (Å²) in [5.41, 5.74) is 1.91. The van der Waals surface area contributed by atoms with Crippen LogP contribution >= 0.6 is 0 Å². The second-order valence-electron chi connectivity index (χ2n) is 5.40. The van der Waals surface area contributed by atoms with Crippen molar-refractivity contribution in [2.24, 2.45) is 11.3 Å². The molecule has 1 aliphatic heterocycles. The molecule has 1 heterocycles. The highest BCUT2D eigenvalue weighted by molar-refractivity contribution is 5.17. The first-order valence-corrected chi connectivity index (χ1v) is 6.04. The standard InChI is InChI=1S/C13H22O2/c1-10(2)11-4-5-13(3,8-11)9-12-14-6-7-15-12/h8,10,12H,4-7,9H2,1-3H3/t13-/m1/s1. The topological polar surface area (TPSA) is 18.5 Å². The molecule has 0 N–H and O–H groups in total. The monoisotopic (exact) mass is 210 g/mol. The summed E-state index contributed by atoms with van der Waals surface area (Å²) in [5.74, 6) is 0.692. The molecular weight excluding hydrogens is 188 g/mol. The SMILES string of the molecule is CC(C)C1=C[C@](C)(CC2OCCO2)CC1. The summed E-state index contributed by atoms with van der Waals surface area (Å²) >= 11 is 0. The maximum atomic E-state index is 5.52. The van der Waals surface area contributed by atoms with Crippen molar-refractivity contribution in [2.75, 3.05) is 13.2 Å². The normalized spacial score (nSPS) is 32.7. The van der Waals surface area contributed by atoms with E-state index in [9.17, 15) is 0 Å². The molecule has 0 radical (unpaired) electrons. The zero-order chi connectivity index (χ0) is 10.9. The molecule has 1 aliphatic carbocycles. The molecule has 2 aliphatic rings. The first kappa shape index (κ1) is 11.2. The fourth-order valence-corrected chi connectivity index (χ4v) is 2.54. The lowest BCUT2D eigenvalue weighted by Crippen LogP contribution is -2.20. The van der Waals surface area contributed by atoms with E-state index < -0.39 is 0 Å². The molecule has 2 nitrogen and oxygen atoms in total. The van der Waals surface area contributed by atoms with E-state index in [1.165, 1.54) is 12.8 Å². The lowest BCUT2D eigenvalue weighted by Gasteiger charge is -2.24. The van der Waals surface area contributed by atoms with Crippen LogP contribution in [0, 0.1) is 11.3 Å². The smallest absolute Gasteiger partial charge is 0.158 e. The van der Waals surface area contributed by atoms with E-state index in [-0.39, 0.29) is 6.29 Å². The number of ether oxygens (including phenoxy) is 2. The molecule has 0 unspecified atom stereocenters. The van der Waals surface area contributed by atoms with E-state index >= 15 is 0 Å². The summed E-state index contributed by atoms with van der Waals surface area (Å²) < 4.78 is 11.0. The van der Waals surface area contributed by atoms with Crippen molar-refractivity contribution in [3.05, 3.63) is 11.6 Å². The highest BCUT2D eigenvalue weighted by atomic mass is 16.7. The van der Waals surface area contributed by atoms with Gasteiger partial charge in [-0.25, -0.2) is 0 Å². The molecule has 0 amide bonds. The highest BCUT2D eigenvalue weighted by Crippen LogP contribution is 2.42. The minimum absolute atomic E-state index is 0.0396. The van der Waals surface area contributed by atoms with Gasteiger partial charge in [0.25, 0.3) is 0 Å². The molecule has 1 fully saturated rings. The van der Waals surface area contributed by atoms with Gasteiger partial charge in [-0.1, -0.05) is 32.4 Å². The highest BCUT2D eigenvalue weighted by Gasteiger charge is 2.33. The van der Waals surface area contributed by atoms with Crippen molar-refractivity contribution in [1.29, 1.82) is 0 Å². The maximum absolute atomic E-state index is 5.52. The lowest BCUT2D eigenvalue weighted by molar-refractivity contribution is -0.0639. The van der Waals surface area contributed by atoms with E-state index in [0.29, 0.717) is 11.3 Å². The van der Waals surface area contributed by atoms with Gasteiger partial charge in [0.15, 0.2) is 6.29 Å². The van der Waals surface area contributed by atoms with Crippen LogP contribution in [-0.2, 0) is 9.47 Å². The van der Waals surface area contributed by atoms with Gasteiger partial charge >= 0.3 is 0 Å². The molecule has 2 rings (SSSR count). The zero-order valence-electron chi connectivity index (χ0n) is 10.1. The Bertz CT molecular complexity index is 251. The molecule has 15 heavy (non-hydrogen) atoms. The zero-order valence-corrected chi connectivity index (χ0v) is 10.1. The van der Waals surface area contributed by atoms with Crippen molar-refractivity contribution in [2.45, 2.75) is 46.3 Å². The van der Waals surface area contributed by atoms with Crippen LogP contribution in [0.5, 0.6) is 0 Å². The number of allylic oxidation sites excluding steroid dienone is 2. The van der Waals surface area contributed by atoms with Crippen LogP contribution in [0.15, 0.2) is 11.6 Å². The average molecular weight is 210 g/mol. The van der Waals surface area contributed by atoms with E-state index in [0.717, 1.165) is 19.6 Å². The van der Waals surface area contributed by atoms with Gasteiger partial charge in [0.1, 0.15) is 0 Å². The molecule has 0 aromatic carbocycles. The quantitative estimate of drug-likeness (QED) is 0.666. The van der Waals surface area contributed by atoms with E-state index in [2.05, 4.69) is 26.8 Å². The Morgan fingerprint density at radius 2 is 2.07 bits per heavy atom. The van der Waals surface area contributed by atoms with Gasteiger partial charge in [0.05, 0.1) is 13.2 Å². The van der Waals surface area contributed by atoms with Crippen LogP contribution in [0.2, 0.25) is 0 Å². The summed E-state index contributed by atoms with van der Waals surface area (Å²) in [4.78, 5) is 0. The van der Waals surface area contributed by atoms with Crippen molar-refractivity contribution >= 4 is 0 Å². The third-order valence-corrected chi connectivity index (χ3v) is 3.58. The van der Waals surface area contributed by atoms with Crippen LogP contribution in [0.25, 0.3) is 0 Å². The molecule has 86 valence electrons. The van der Waals surface area contributed by atoms with Crippen LogP contribution in [-0.4, -0.2) is 19.5 Å². The second-order valence-corrected chi connectivity index (χ2v) is 5.40. The Labute approximate surface area is 92.6 Å². The predicted octanol–water partition coefficient (Wildman–Crippen LogP) is 3.13. The Morgan fingerprint density at radius 3 is 2.60 bits per heavy atom. The molecule has 0 aromatic rings. The molecule has 0 spiro atoms. The number of hydrogen-bond acceptors (Lipinski definition) is 2. The Kier molecular flexibility index (Phi) is 3.17. The molecule has 1 saturated heterocycles. The van der Waals surface area contributed by atoms with E-state index in [1.807, 2.05) is 0 Å². The van der Waals surface area contributed by atoms with Gasteiger partial charge in [-0.15, -0.1) is 0 Å². The number of hydrogen-bond donors (Lipinski definition) is 0. The van der Waals surface area contributed by atoms with Gasteiger partial charge < -0.3 is 9.47 Å². The minimum Gasteiger partial charge on any atom is -0.350 e. The fraction of sp³-hybridized carbons (Fsp3) is 0.846. The molecule has 0 saturated carbocycles. The van der Waals surface area contributed by atoms with Gasteiger partial charge in [-0.2, -0.15) is 0 Å². The summed E-state index contributed by atoms with van der Waals surface area (Å²) in [6.07, 6.45) is 6.02. The third kappa shape index (κ3) is 2.61. The van der Waals surface area contributed by atoms with E-state index in [1.54, 1.807) is 5.57 Å². The van der Waals surface area contributed by atoms with Crippen molar-refractivity contribution in [1.82, 2.24) is 0 Å². The van der Waals surface area contributed by atoms with Crippen LogP contribution in [0.1, 0.15) is 40.0 Å². The minimum atomic E-state index is 0.0396. The van der Waals surface area contributed by atoms with Crippen LogP contribution in [0.3, 0.4) is 0 Å². The molecule has 1 atom stereocenters. The first-order valence-electron chi connectivity index (χ1n) is 6.04. The molecule has 2 heteroatoms.